The van der Waals surface area contributed by atoms with E-state index in [0.29, 0.717) is 24.8 Å². The van der Waals surface area contributed by atoms with E-state index in [1.165, 1.54) is 0 Å². The number of pyridine rings is 2. The molecule has 0 saturated heterocycles. The molecule has 5 nitrogen and oxygen atoms in total. The van der Waals surface area contributed by atoms with Crippen LogP contribution in [0.3, 0.4) is 0 Å². The van der Waals surface area contributed by atoms with Gasteiger partial charge in [0.2, 0.25) is 11.8 Å². The van der Waals surface area contributed by atoms with Gasteiger partial charge in [-0.05, 0) is 12.1 Å². The van der Waals surface area contributed by atoms with Crippen LogP contribution < -0.4 is 14.8 Å². The van der Waals surface area contributed by atoms with E-state index in [2.05, 4.69) is 15.3 Å². The Kier molecular flexibility index (Phi) is 4.69. The lowest BCUT2D eigenvalue weighted by Gasteiger charge is -2.08. The van der Waals surface area contributed by atoms with Crippen molar-refractivity contribution in [2.24, 2.45) is 0 Å². The third-order valence-electron chi connectivity index (χ3n) is 2.66. The van der Waals surface area contributed by atoms with Gasteiger partial charge in [-0.15, -0.1) is 0 Å². The highest BCUT2D eigenvalue weighted by Crippen LogP contribution is 2.13. The van der Waals surface area contributed by atoms with Gasteiger partial charge in [-0.3, -0.25) is 0 Å². The van der Waals surface area contributed by atoms with E-state index in [0.717, 1.165) is 11.3 Å². The molecule has 0 unspecified atom stereocenters. The predicted octanol–water partition coefficient (Wildman–Crippen LogP) is 1.78. The summed E-state index contributed by atoms with van der Waals surface area (Å²) in [4.78, 5) is 8.49. The van der Waals surface area contributed by atoms with Gasteiger partial charge in [-0.1, -0.05) is 12.1 Å². The summed E-state index contributed by atoms with van der Waals surface area (Å²) in [6.07, 6.45) is 1.71. The average Bonchev–Trinajstić information content (AvgIpc) is 2.48. The molecule has 2 aromatic rings. The first kappa shape index (κ1) is 13.3. The van der Waals surface area contributed by atoms with E-state index in [4.69, 9.17) is 9.47 Å². The minimum Gasteiger partial charge on any atom is -0.481 e. The Bertz CT molecular complexity index is 532. The second-order valence-electron chi connectivity index (χ2n) is 3.95. The Hall–Kier alpha value is -2.14. The van der Waals surface area contributed by atoms with Gasteiger partial charge in [-0.25, -0.2) is 9.97 Å². The van der Waals surface area contributed by atoms with Crippen molar-refractivity contribution in [1.29, 1.82) is 0 Å². The van der Waals surface area contributed by atoms with E-state index in [1.54, 1.807) is 20.4 Å². The third kappa shape index (κ3) is 3.66. The van der Waals surface area contributed by atoms with Crippen LogP contribution in [0.5, 0.6) is 11.8 Å². The molecule has 2 heterocycles. The van der Waals surface area contributed by atoms with Crippen molar-refractivity contribution < 1.29 is 9.47 Å². The maximum Gasteiger partial charge on any atom is 0.217 e. The topological polar surface area (TPSA) is 56.3 Å². The second kappa shape index (κ2) is 6.70. The summed E-state index contributed by atoms with van der Waals surface area (Å²) < 4.78 is 10.3. The summed E-state index contributed by atoms with van der Waals surface area (Å²) in [7, 11) is 3.23. The number of nitrogens with one attached hydrogen (secondary N) is 1. The lowest BCUT2D eigenvalue weighted by molar-refractivity contribution is 0.389. The summed E-state index contributed by atoms with van der Waals surface area (Å²) in [5.74, 6) is 1.27. The molecule has 2 aromatic heterocycles. The molecular formula is C14H17N3O2. The number of nitrogens with zero attached hydrogens (tertiary/aromatic N) is 2. The maximum atomic E-state index is 5.20. The molecule has 0 fully saturated rings. The van der Waals surface area contributed by atoms with Crippen molar-refractivity contribution in [3.63, 3.8) is 0 Å². The molecule has 0 amide bonds. The summed E-state index contributed by atoms with van der Waals surface area (Å²) >= 11 is 0. The zero-order valence-electron chi connectivity index (χ0n) is 11.1. The Morgan fingerprint density at radius 1 is 1.05 bits per heavy atom. The van der Waals surface area contributed by atoms with Crippen LogP contribution in [0.1, 0.15) is 11.3 Å². The van der Waals surface area contributed by atoms with Crippen molar-refractivity contribution in [2.45, 2.75) is 13.1 Å². The van der Waals surface area contributed by atoms with Gasteiger partial charge < -0.3 is 14.8 Å². The molecule has 1 N–H and O–H groups in total. The summed E-state index contributed by atoms with van der Waals surface area (Å²) in [5, 5.41) is 3.31. The van der Waals surface area contributed by atoms with Gasteiger partial charge in [0.1, 0.15) is 0 Å². The van der Waals surface area contributed by atoms with E-state index in [-0.39, 0.29) is 0 Å². The van der Waals surface area contributed by atoms with Crippen LogP contribution in [-0.2, 0) is 13.1 Å². The molecule has 0 atom stereocenters. The van der Waals surface area contributed by atoms with E-state index >= 15 is 0 Å². The Labute approximate surface area is 112 Å². The minimum absolute atomic E-state index is 0.623. The van der Waals surface area contributed by atoms with Crippen LogP contribution in [0.25, 0.3) is 0 Å². The number of ether oxygens (including phenoxy) is 2. The number of hydrogen-bond acceptors (Lipinski definition) is 5. The highest BCUT2D eigenvalue weighted by atomic mass is 16.5. The highest BCUT2D eigenvalue weighted by molar-refractivity contribution is 5.25. The SMILES string of the molecule is COc1cccc(CNCc2cccnc2OC)n1. The van der Waals surface area contributed by atoms with Gasteiger partial charge in [0.25, 0.3) is 0 Å². The number of rotatable bonds is 6. The van der Waals surface area contributed by atoms with E-state index in [1.807, 2.05) is 30.3 Å². The smallest absolute Gasteiger partial charge is 0.217 e. The van der Waals surface area contributed by atoms with Crippen LogP contribution in [0.4, 0.5) is 0 Å². The summed E-state index contributed by atoms with van der Waals surface area (Å²) in [6, 6.07) is 9.58. The monoisotopic (exact) mass is 259 g/mol. The van der Waals surface area contributed by atoms with Gasteiger partial charge in [-0.2, -0.15) is 0 Å². The third-order valence-corrected chi connectivity index (χ3v) is 2.66. The molecule has 0 radical (unpaired) electrons. The van der Waals surface area contributed by atoms with Gasteiger partial charge in [0, 0.05) is 30.9 Å². The lowest BCUT2D eigenvalue weighted by Crippen LogP contribution is -2.14. The first-order valence-corrected chi connectivity index (χ1v) is 6.02. The Morgan fingerprint density at radius 3 is 2.74 bits per heavy atom. The number of hydrogen-bond donors (Lipinski definition) is 1. The molecule has 2 rings (SSSR count). The lowest BCUT2D eigenvalue weighted by atomic mass is 10.2. The first-order valence-electron chi connectivity index (χ1n) is 6.02. The highest BCUT2D eigenvalue weighted by Gasteiger charge is 2.03. The standard InChI is InChI=1S/C14H17N3O2/c1-18-13-7-3-6-12(17-13)10-15-9-11-5-4-8-16-14(11)19-2/h3-8,15H,9-10H2,1-2H3. The van der Waals surface area contributed by atoms with Crippen molar-refractivity contribution in [1.82, 2.24) is 15.3 Å². The molecule has 0 aromatic carbocycles. The molecule has 0 bridgehead atoms. The van der Waals surface area contributed by atoms with Crippen LogP contribution in [-0.4, -0.2) is 24.2 Å². The van der Waals surface area contributed by atoms with Crippen molar-refractivity contribution in [2.75, 3.05) is 14.2 Å². The molecule has 0 aliphatic rings. The summed E-state index contributed by atoms with van der Waals surface area (Å²) in [6.45, 7) is 1.34. The zero-order valence-corrected chi connectivity index (χ0v) is 11.1. The molecule has 19 heavy (non-hydrogen) atoms. The fourth-order valence-electron chi connectivity index (χ4n) is 1.74. The fourth-order valence-corrected chi connectivity index (χ4v) is 1.74. The normalized spacial score (nSPS) is 10.2. The zero-order chi connectivity index (χ0) is 13.5. The molecular weight excluding hydrogens is 242 g/mol. The Balaban J connectivity index is 1.92. The van der Waals surface area contributed by atoms with Gasteiger partial charge >= 0.3 is 0 Å². The molecule has 5 heteroatoms. The summed E-state index contributed by atoms with van der Waals surface area (Å²) in [5.41, 5.74) is 1.95. The number of methoxy groups -OCH3 is 2. The van der Waals surface area contributed by atoms with Crippen molar-refractivity contribution >= 4 is 0 Å². The van der Waals surface area contributed by atoms with Gasteiger partial charge in [0.05, 0.1) is 19.9 Å². The second-order valence-corrected chi connectivity index (χ2v) is 3.95. The van der Waals surface area contributed by atoms with Crippen LogP contribution in [0.15, 0.2) is 36.5 Å². The quantitative estimate of drug-likeness (QED) is 0.857. The van der Waals surface area contributed by atoms with E-state index < -0.39 is 0 Å². The van der Waals surface area contributed by atoms with Crippen LogP contribution in [0.2, 0.25) is 0 Å². The first-order chi connectivity index (χ1) is 9.33. The average molecular weight is 259 g/mol. The fraction of sp³-hybridized carbons (Fsp3) is 0.286. The van der Waals surface area contributed by atoms with Crippen molar-refractivity contribution in [3.8, 4) is 11.8 Å². The van der Waals surface area contributed by atoms with Gasteiger partial charge in [0.15, 0.2) is 0 Å². The maximum absolute atomic E-state index is 5.20. The molecule has 0 aliphatic heterocycles. The van der Waals surface area contributed by atoms with Crippen LogP contribution >= 0.6 is 0 Å². The van der Waals surface area contributed by atoms with Crippen LogP contribution in [0, 0.1) is 0 Å². The minimum atomic E-state index is 0.623. The van der Waals surface area contributed by atoms with E-state index in [9.17, 15) is 0 Å². The molecule has 0 aliphatic carbocycles. The molecule has 100 valence electrons. The van der Waals surface area contributed by atoms with Crippen molar-refractivity contribution in [3.05, 3.63) is 47.8 Å². The molecule has 0 spiro atoms. The predicted molar refractivity (Wildman–Crippen MR) is 72.1 cm³/mol. The number of aromatic nitrogens is 2. The largest absolute Gasteiger partial charge is 0.481 e. The Morgan fingerprint density at radius 2 is 1.95 bits per heavy atom. The molecule has 0 saturated carbocycles.